The van der Waals surface area contributed by atoms with E-state index in [0.717, 1.165) is 30.9 Å². The first-order chi connectivity index (χ1) is 8.77. The minimum absolute atomic E-state index is 0.0385. The number of amides is 1. The average molecular weight is 271 g/mol. The smallest absolute Gasteiger partial charge is 0.263 e. The van der Waals surface area contributed by atoms with Crippen molar-refractivity contribution in [1.29, 1.82) is 0 Å². The van der Waals surface area contributed by atoms with Gasteiger partial charge in [0.2, 0.25) is 0 Å². The summed E-state index contributed by atoms with van der Waals surface area (Å²) in [5, 5.41) is 7.05. The molecule has 102 valence electrons. The minimum Gasteiger partial charge on any atom is -0.383 e. The van der Waals surface area contributed by atoms with Gasteiger partial charge in [0.15, 0.2) is 0 Å². The third kappa shape index (κ3) is 5.57. The van der Waals surface area contributed by atoms with Gasteiger partial charge in [-0.05, 0) is 12.8 Å². The van der Waals surface area contributed by atoms with Crippen LogP contribution in [0.2, 0.25) is 0 Å². The number of aryl methyl sites for hydroxylation is 1. The molecule has 0 fully saturated rings. The molecule has 2 N–H and O–H groups in total. The van der Waals surface area contributed by atoms with Gasteiger partial charge in [-0.2, -0.15) is 0 Å². The number of carbonyl (C=O) groups excluding carboxylic acids is 1. The number of ether oxygens (including phenoxy) is 1. The zero-order valence-electron chi connectivity index (χ0n) is 11.0. The van der Waals surface area contributed by atoms with Gasteiger partial charge < -0.3 is 15.4 Å². The van der Waals surface area contributed by atoms with Crippen LogP contribution in [0.15, 0.2) is 6.20 Å². The molecule has 1 amide bonds. The number of nitrogens with zero attached hydrogens (tertiary/aromatic N) is 1. The molecule has 0 aliphatic carbocycles. The summed E-state index contributed by atoms with van der Waals surface area (Å²) in [4.78, 5) is 16.7. The summed E-state index contributed by atoms with van der Waals surface area (Å²) in [5.74, 6) is -0.0385. The predicted octanol–water partition coefficient (Wildman–Crippen LogP) is 1.06. The highest BCUT2D eigenvalue weighted by Crippen LogP contribution is 2.14. The Hall–Kier alpha value is -0.980. The fourth-order valence-electron chi connectivity index (χ4n) is 1.40. The van der Waals surface area contributed by atoms with E-state index in [9.17, 15) is 4.79 Å². The van der Waals surface area contributed by atoms with Crippen molar-refractivity contribution in [1.82, 2.24) is 15.6 Å². The van der Waals surface area contributed by atoms with Crippen LogP contribution >= 0.6 is 11.3 Å². The maximum atomic E-state index is 11.8. The van der Waals surface area contributed by atoms with E-state index in [-0.39, 0.29) is 5.91 Å². The third-order valence-corrected chi connectivity index (χ3v) is 3.37. The molecular weight excluding hydrogens is 250 g/mol. The normalized spacial score (nSPS) is 10.6. The maximum absolute atomic E-state index is 11.8. The highest BCUT2D eigenvalue weighted by atomic mass is 32.1. The molecular formula is C12H21N3O2S. The van der Waals surface area contributed by atoms with Crippen molar-refractivity contribution >= 4 is 17.2 Å². The van der Waals surface area contributed by atoms with Crippen molar-refractivity contribution in [3.63, 3.8) is 0 Å². The lowest BCUT2D eigenvalue weighted by atomic mass is 10.4. The molecule has 0 aromatic carbocycles. The van der Waals surface area contributed by atoms with Gasteiger partial charge >= 0.3 is 0 Å². The van der Waals surface area contributed by atoms with Crippen molar-refractivity contribution in [2.75, 3.05) is 33.4 Å². The van der Waals surface area contributed by atoms with Crippen LogP contribution in [0, 0.1) is 0 Å². The van der Waals surface area contributed by atoms with E-state index < -0.39 is 0 Å². The summed E-state index contributed by atoms with van der Waals surface area (Å²) in [7, 11) is 1.67. The second-order valence-electron chi connectivity index (χ2n) is 3.87. The van der Waals surface area contributed by atoms with Crippen molar-refractivity contribution in [3.8, 4) is 0 Å². The summed E-state index contributed by atoms with van der Waals surface area (Å²) >= 11 is 1.47. The van der Waals surface area contributed by atoms with Crippen LogP contribution in [-0.4, -0.2) is 44.2 Å². The second-order valence-corrected chi connectivity index (χ2v) is 4.98. The average Bonchev–Trinajstić information content (AvgIpc) is 2.82. The van der Waals surface area contributed by atoms with Gasteiger partial charge in [0, 0.05) is 26.7 Å². The molecule has 0 atom stereocenters. The molecule has 0 bridgehead atoms. The number of hydrogen-bond donors (Lipinski definition) is 2. The number of hydrogen-bond acceptors (Lipinski definition) is 5. The topological polar surface area (TPSA) is 63.2 Å². The molecule has 0 unspecified atom stereocenters. The molecule has 0 radical (unpaired) electrons. The van der Waals surface area contributed by atoms with E-state index in [4.69, 9.17) is 4.74 Å². The summed E-state index contributed by atoms with van der Waals surface area (Å²) in [6, 6.07) is 0. The van der Waals surface area contributed by atoms with Crippen LogP contribution < -0.4 is 10.6 Å². The van der Waals surface area contributed by atoms with Gasteiger partial charge in [-0.1, -0.05) is 6.92 Å². The number of nitrogens with one attached hydrogen (secondary N) is 2. The molecule has 1 aromatic rings. The quantitative estimate of drug-likeness (QED) is 0.659. The van der Waals surface area contributed by atoms with Crippen LogP contribution in [0.25, 0.3) is 0 Å². The van der Waals surface area contributed by atoms with Crippen LogP contribution in [0.5, 0.6) is 0 Å². The number of methoxy groups -OCH3 is 1. The van der Waals surface area contributed by atoms with Crippen LogP contribution in [-0.2, 0) is 11.2 Å². The molecule has 0 aliphatic heterocycles. The molecule has 5 nitrogen and oxygen atoms in total. The SMILES string of the molecule is CCCc1ncc(C(=O)NCCNCCOC)s1. The fourth-order valence-corrected chi connectivity index (χ4v) is 2.33. The van der Waals surface area contributed by atoms with Gasteiger partial charge in [-0.15, -0.1) is 11.3 Å². The predicted molar refractivity (Wildman–Crippen MR) is 73.2 cm³/mol. The Morgan fingerprint density at radius 1 is 1.44 bits per heavy atom. The number of carbonyl (C=O) groups is 1. The zero-order chi connectivity index (χ0) is 13.2. The fraction of sp³-hybridized carbons (Fsp3) is 0.667. The molecule has 1 rings (SSSR count). The molecule has 18 heavy (non-hydrogen) atoms. The highest BCUT2D eigenvalue weighted by molar-refractivity contribution is 7.13. The first kappa shape index (κ1) is 15.1. The second kappa shape index (κ2) is 9.02. The van der Waals surface area contributed by atoms with Crippen molar-refractivity contribution in [3.05, 3.63) is 16.1 Å². The molecule has 1 heterocycles. The highest BCUT2D eigenvalue weighted by Gasteiger charge is 2.09. The van der Waals surface area contributed by atoms with E-state index in [1.54, 1.807) is 13.3 Å². The van der Waals surface area contributed by atoms with Crippen LogP contribution in [0.3, 0.4) is 0 Å². The van der Waals surface area contributed by atoms with Gasteiger partial charge in [0.1, 0.15) is 4.88 Å². The minimum atomic E-state index is -0.0385. The lowest BCUT2D eigenvalue weighted by molar-refractivity contribution is 0.0957. The van der Waals surface area contributed by atoms with Crippen molar-refractivity contribution in [2.24, 2.45) is 0 Å². The Bertz CT molecular complexity index is 355. The van der Waals surface area contributed by atoms with Crippen molar-refractivity contribution in [2.45, 2.75) is 19.8 Å². The van der Waals surface area contributed by atoms with Crippen LogP contribution in [0.1, 0.15) is 28.0 Å². The first-order valence-corrected chi connectivity index (χ1v) is 7.02. The molecule has 0 saturated heterocycles. The van der Waals surface area contributed by atoms with Gasteiger partial charge in [-0.3, -0.25) is 4.79 Å². The summed E-state index contributed by atoms with van der Waals surface area (Å²) in [5.41, 5.74) is 0. The van der Waals surface area contributed by atoms with E-state index in [1.807, 2.05) is 0 Å². The summed E-state index contributed by atoms with van der Waals surface area (Å²) in [6.45, 7) is 4.95. The van der Waals surface area contributed by atoms with Crippen LogP contribution in [0.4, 0.5) is 0 Å². The molecule has 6 heteroatoms. The Labute approximate surface area is 112 Å². The maximum Gasteiger partial charge on any atom is 0.263 e. The number of thiazole rings is 1. The Morgan fingerprint density at radius 3 is 3.00 bits per heavy atom. The molecule has 0 spiro atoms. The molecule has 0 saturated carbocycles. The standard InChI is InChI=1S/C12H21N3O2S/c1-3-4-11-15-9-10(18-11)12(16)14-6-5-13-7-8-17-2/h9,13H,3-8H2,1-2H3,(H,14,16). The Kier molecular flexibility index (Phi) is 7.55. The monoisotopic (exact) mass is 271 g/mol. The Morgan fingerprint density at radius 2 is 2.28 bits per heavy atom. The van der Waals surface area contributed by atoms with Gasteiger partial charge in [-0.25, -0.2) is 4.98 Å². The van der Waals surface area contributed by atoms with E-state index >= 15 is 0 Å². The zero-order valence-corrected chi connectivity index (χ0v) is 11.8. The lowest BCUT2D eigenvalue weighted by Crippen LogP contribution is -2.32. The third-order valence-electron chi connectivity index (χ3n) is 2.31. The molecule has 0 aliphatic rings. The first-order valence-electron chi connectivity index (χ1n) is 6.20. The Balaban J connectivity index is 2.19. The van der Waals surface area contributed by atoms with E-state index in [1.165, 1.54) is 11.3 Å². The van der Waals surface area contributed by atoms with E-state index in [0.29, 0.717) is 18.0 Å². The van der Waals surface area contributed by atoms with Gasteiger partial charge in [0.05, 0.1) is 17.8 Å². The van der Waals surface area contributed by atoms with E-state index in [2.05, 4.69) is 22.5 Å². The summed E-state index contributed by atoms with van der Waals surface area (Å²) < 4.78 is 4.91. The number of aromatic nitrogens is 1. The summed E-state index contributed by atoms with van der Waals surface area (Å²) in [6.07, 6.45) is 3.65. The number of rotatable bonds is 9. The van der Waals surface area contributed by atoms with Crippen molar-refractivity contribution < 1.29 is 9.53 Å². The molecule has 1 aromatic heterocycles. The largest absolute Gasteiger partial charge is 0.383 e. The van der Waals surface area contributed by atoms with Gasteiger partial charge in [0.25, 0.3) is 5.91 Å². The lowest BCUT2D eigenvalue weighted by Gasteiger charge is -2.04.